The molecular weight excluding hydrogens is 422 g/mol. The minimum atomic E-state index is -0.129. The predicted molar refractivity (Wildman–Crippen MR) is 134 cm³/mol. The van der Waals surface area contributed by atoms with E-state index in [0.29, 0.717) is 0 Å². The molecule has 1 amide bonds. The second-order valence-electron chi connectivity index (χ2n) is 7.66. The molecule has 0 fully saturated rings. The summed E-state index contributed by atoms with van der Waals surface area (Å²) in [6.45, 7) is 4.27. The molecule has 0 aliphatic rings. The Bertz CT molecular complexity index is 952. The Morgan fingerprint density at radius 3 is 2.00 bits per heavy atom. The Morgan fingerprint density at radius 1 is 0.871 bits per heavy atom. The fourth-order valence-corrected chi connectivity index (χ4v) is 4.41. The summed E-state index contributed by atoms with van der Waals surface area (Å²) in [7, 11) is 0. The van der Waals surface area contributed by atoms with Gasteiger partial charge in [0.1, 0.15) is 0 Å². The predicted octanol–water partition coefficient (Wildman–Crippen LogP) is 7.76. The fraction of sp³-hybridized carbons (Fsp3) is 0.296. The van der Waals surface area contributed by atoms with Gasteiger partial charge in [-0.1, -0.05) is 68.3 Å². The maximum Gasteiger partial charge on any atom is 0.231 e. The lowest BCUT2D eigenvalue weighted by molar-refractivity contribution is -0.117. The number of nitrogens with one attached hydrogen (secondary N) is 1. The largest absolute Gasteiger partial charge is 0.326 e. The molecule has 0 aliphatic carbocycles. The summed E-state index contributed by atoms with van der Waals surface area (Å²) >= 11 is 7.77. The fourth-order valence-electron chi connectivity index (χ4n) is 3.62. The van der Waals surface area contributed by atoms with Crippen LogP contribution >= 0.6 is 23.4 Å². The standard InChI is InChI=1S/C27H30ClNOS/c1-3-5-26(22-12-18-25(19-13-22)31-4-2)27(30)29-24-16-10-21(11-17-24)7-6-20-8-14-23(28)15-9-20/h8-19,26H,3-7H2,1-2H3,(H,29,30). The van der Waals surface area contributed by atoms with E-state index >= 15 is 0 Å². The summed E-state index contributed by atoms with van der Waals surface area (Å²) in [4.78, 5) is 14.3. The molecule has 3 aromatic carbocycles. The number of halogens is 1. The molecule has 3 aromatic rings. The minimum Gasteiger partial charge on any atom is -0.326 e. The van der Waals surface area contributed by atoms with Crippen LogP contribution in [0.25, 0.3) is 0 Å². The lowest BCUT2D eigenvalue weighted by Gasteiger charge is -2.17. The lowest BCUT2D eigenvalue weighted by Crippen LogP contribution is -2.21. The Kier molecular flexibility index (Phi) is 9.05. The molecule has 162 valence electrons. The van der Waals surface area contributed by atoms with E-state index in [2.05, 4.69) is 67.7 Å². The first-order chi connectivity index (χ1) is 15.1. The number of anilines is 1. The van der Waals surface area contributed by atoms with Gasteiger partial charge in [0.05, 0.1) is 5.92 Å². The van der Waals surface area contributed by atoms with E-state index < -0.39 is 0 Å². The zero-order valence-corrected chi connectivity index (χ0v) is 19.8. The highest BCUT2D eigenvalue weighted by molar-refractivity contribution is 7.99. The molecule has 0 radical (unpaired) electrons. The lowest BCUT2D eigenvalue weighted by atomic mass is 9.93. The molecular formula is C27H30ClNOS. The molecule has 0 aromatic heterocycles. The monoisotopic (exact) mass is 451 g/mol. The molecule has 0 saturated carbocycles. The molecule has 0 bridgehead atoms. The highest BCUT2D eigenvalue weighted by Crippen LogP contribution is 2.26. The number of amides is 1. The summed E-state index contributed by atoms with van der Waals surface area (Å²) in [5.41, 5.74) is 4.45. The van der Waals surface area contributed by atoms with Gasteiger partial charge in [0, 0.05) is 15.6 Å². The number of benzene rings is 3. The van der Waals surface area contributed by atoms with Crippen LogP contribution in [0.15, 0.2) is 77.7 Å². The van der Waals surface area contributed by atoms with Gasteiger partial charge in [0.15, 0.2) is 0 Å². The topological polar surface area (TPSA) is 29.1 Å². The number of hydrogen-bond donors (Lipinski definition) is 1. The average molecular weight is 452 g/mol. The molecule has 4 heteroatoms. The van der Waals surface area contributed by atoms with Crippen LogP contribution in [-0.2, 0) is 17.6 Å². The van der Waals surface area contributed by atoms with Crippen LogP contribution in [0.2, 0.25) is 5.02 Å². The van der Waals surface area contributed by atoms with Gasteiger partial charge in [-0.2, -0.15) is 0 Å². The van der Waals surface area contributed by atoms with E-state index in [9.17, 15) is 4.79 Å². The number of carbonyl (C=O) groups excluding carboxylic acids is 1. The van der Waals surface area contributed by atoms with Crippen molar-refractivity contribution in [1.82, 2.24) is 0 Å². The maximum atomic E-state index is 13.0. The second-order valence-corrected chi connectivity index (χ2v) is 9.43. The zero-order chi connectivity index (χ0) is 22.1. The maximum absolute atomic E-state index is 13.0. The normalized spacial score (nSPS) is 11.8. The second kappa shape index (κ2) is 12.0. The molecule has 2 nitrogen and oxygen atoms in total. The molecule has 0 saturated heterocycles. The third-order valence-corrected chi connectivity index (χ3v) is 6.47. The van der Waals surface area contributed by atoms with E-state index in [-0.39, 0.29) is 11.8 Å². The third-order valence-electron chi connectivity index (χ3n) is 5.32. The first kappa shape index (κ1) is 23.4. The van der Waals surface area contributed by atoms with Crippen molar-refractivity contribution in [3.05, 3.63) is 94.5 Å². The first-order valence-electron chi connectivity index (χ1n) is 11.0. The Morgan fingerprint density at radius 2 is 1.45 bits per heavy atom. The van der Waals surface area contributed by atoms with Crippen LogP contribution in [0.1, 0.15) is 49.3 Å². The summed E-state index contributed by atoms with van der Waals surface area (Å²) in [5.74, 6) is 0.982. The van der Waals surface area contributed by atoms with Crippen molar-refractivity contribution in [1.29, 1.82) is 0 Å². The van der Waals surface area contributed by atoms with E-state index in [1.807, 2.05) is 36.0 Å². The summed E-state index contributed by atoms with van der Waals surface area (Å²) in [5, 5.41) is 3.88. The minimum absolute atomic E-state index is 0.0617. The van der Waals surface area contributed by atoms with Crippen LogP contribution in [0.4, 0.5) is 5.69 Å². The first-order valence-corrected chi connectivity index (χ1v) is 12.3. The van der Waals surface area contributed by atoms with Crippen molar-refractivity contribution in [3.8, 4) is 0 Å². The number of carbonyl (C=O) groups is 1. The zero-order valence-electron chi connectivity index (χ0n) is 18.2. The molecule has 0 heterocycles. The van der Waals surface area contributed by atoms with Crippen molar-refractivity contribution in [2.24, 2.45) is 0 Å². The molecule has 1 atom stereocenters. The molecule has 31 heavy (non-hydrogen) atoms. The van der Waals surface area contributed by atoms with Gasteiger partial charge in [0.25, 0.3) is 0 Å². The van der Waals surface area contributed by atoms with Gasteiger partial charge in [-0.15, -0.1) is 11.8 Å². The smallest absolute Gasteiger partial charge is 0.231 e. The Balaban J connectivity index is 1.60. The molecule has 3 rings (SSSR count). The Hall–Kier alpha value is -2.23. The summed E-state index contributed by atoms with van der Waals surface area (Å²) < 4.78 is 0. The van der Waals surface area contributed by atoms with E-state index in [1.165, 1.54) is 16.0 Å². The van der Waals surface area contributed by atoms with Crippen LogP contribution in [0.5, 0.6) is 0 Å². The van der Waals surface area contributed by atoms with Crippen LogP contribution < -0.4 is 5.32 Å². The van der Waals surface area contributed by atoms with Crippen LogP contribution in [-0.4, -0.2) is 11.7 Å². The van der Waals surface area contributed by atoms with Gasteiger partial charge in [-0.3, -0.25) is 4.79 Å². The van der Waals surface area contributed by atoms with E-state index in [1.54, 1.807) is 0 Å². The number of rotatable bonds is 10. The number of thioether (sulfide) groups is 1. The molecule has 0 aliphatic heterocycles. The van der Waals surface area contributed by atoms with Gasteiger partial charge < -0.3 is 5.32 Å². The average Bonchev–Trinajstić information content (AvgIpc) is 2.79. The van der Waals surface area contributed by atoms with E-state index in [0.717, 1.165) is 47.7 Å². The third kappa shape index (κ3) is 7.15. The van der Waals surface area contributed by atoms with Crippen molar-refractivity contribution in [3.63, 3.8) is 0 Å². The summed E-state index contributed by atoms with van der Waals surface area (Å²) in [6.07, 6.45) is 3.72. The van der Waals surface area contributed by atoms with Gasteiger partial charge in [-0.05, 0) is 78.1 Å². The quantitative estimate of drug-likeness (QED) is 0.319. The van der Waals surface area contributed by atoms with Gasteiger partial charge in [0.2, 0.25) is 5.91 Å². The molecule has 0 spiro atoms. The van der Waals surface area contributed by atoms with Crippen molar-refractivity contribution in [2.45, 2.75) is 50.3 Å². The van der Waals surface area contributed by atoms with Gasteiger partial charge >= 0.3 is 0 Å². The number of aryl methyl sites for hydroxylation is 2. The molecule has 1 unspecified atom stereocenters. The van der Waals surface area contributed by atoms with Crippen molar-refractivity contribution >= 4 is 35.0 Å². The summed E-state index contributed by atoms with van der Waals surface area (Å²) in [6, 6.07) is 24.6. The van der Waals surface area contributed by atoms with Crippen LogP contribution in [0, 0.1) is 0 Å². The number of hydrogen-bond acceptors (Lipinski definition) is 2. The SMILES string of the molecule is CCCC(C(=O)Nc1ccc(CCc2ccc(Cl)cc2)cc1)c1ccc(SCC)cc1. The molecule has 1 N–H and O–H groups in total. The van der Waals surface area contributed by atoms with Crippen molar-refractivity contribution < 1.29 is 4.79 Å². The van der Waals surface area contributed by atoms with E-state index in [4.69, 9.17) is 11.6 Å². The highest BCUT2D eigenvalue weighted by Gasteiger charge is 2.20. The van der Waals surface area contributed by atoms with Crippen LogP contribution in [0.3, 0.4) is 0 Å². The van der Waals surface area contributed by atoms with Crippen molar-refractivity contribution in [2.75, 3.05) is 11.1 Å². The highest BCUT2D eigenvalue weighted by atomic mass is 35.5. The van der Waals surface area contributed by atoms with Gasteiger partial charge in [-0.25, -0.2) is 0 Å². The Labute approximate surface area is 195 Å².